The zero-order valence-electron chi connectivity index (χ0n) is 8.78. The molecule has 0 aromatic heterocycles. The average molecular weight is 193 g/mol. The lowest BCUT2D eigenvalue weighted by Gasteiger charge is -2.14. The monoisotopic (exact) mass is 193 g/mol. The molecule has 0 N–H and O–H groups in total. The van der Waals surface area contributed by atoms with Crippen LogP contribution in [0.2, 0.25) is 0 Å². The number of nitrogens with zero attached hydrogens (tertiary/aromatic N) is 1. The summed E-state index contributed by atoms with van der Waals surface area (Å²) in [6.07, 6.45) is 0.386. The summed E-state index contributed by atoms with van der Waals surface area (Å²) in [6, 6.07) is 7.85. The molecule has 0 aliphatic heterocycles. The molecule has 0 aliphatic rings. The molecule has 1 aromatic rings. The molecule has 3 nitrogen and oxygen atoms in total. The first kappa shape index (κ1) is 10.7. The summed E-state index contributed by atoms with van der Waals surface area (Å²) in [7, 11) is 3.09. The van der Waals surface area contributed by atoms with E-state index in [1.54, 1.807) is 7.05 Å². The Balaban J connectivity index is 2.70. The highest BCUT2D eigenvalue weighted by Gasteiger charge is 2.09. The molecular weight excluding hydrogens is 178 g/mol. The van der Waals surface area contributed by atoms with Crippen LogP contribution in [0.25, 0.3) is 0 Å². The predicted octanol–water partition coefficient (Wildman–Crippen LogP) is 1.56. The average Bonchev–Trinajstić information content (AvgIpc) is 2.20. The molecule has 0 saturated carbocycles. The van der Waals surface area contributed by atoms with Crippen molar-refractivity contribution in [3.63, 3.8) is 0 Å². The van der Waals surface area contributed by atoms with Crippen LogP contribution in [0.4, 0.5) is 0 Å². The van der Waals surface area contributed by atoms with Gasteiger partial charge in [0.25, 0.3) is 0 Å². The first-order valence-corrected chi connectivity index (χ1v) is 4.50. The third kappa shape index (κ3) is 2.57. The number of aryl methyl sites for hydroxylation is 1. The van der Waals surface area contributed by atoms with Crippen molar-refractivity contribution < 1.29 is 9.63 Å². The smallest absolute Gasteiger partial charge is 0.250 e. The van der Waals surface area contributed by atoms with Crippen LogP contribution >= 0.6 is 0 Å². The number of hydroxylamine groups is 2. The predicted molar refractivity (Wildman–Crippen MR) is 54.7 cm³/mol. The summed E-state index contributed by atoms with van der Waals surface area (Å²) in [5, 5.41) is 1.24. The van der Waals surface area contributed by atoms with Gasteiger partial charge in [-0.05, 0) is 18.1 Å². The second kappa shape index (κ2) is 4.77. The Kier molecular flexibility index (Phi) is 3.65. The second-order valence-electron chi connectivity index (χ2n) is 3.18. The number of hydrogen-bond donors (Lipinski definition) is 0. The fourth-order valence-electron chi connectivity index (χ4n) is 1.18. The quantitative estimate of drug-likeness (QED) is 0.682. The standard InChI is InChI=1S/C11H15NO2/c1-9-6-4-5-7-10(9)8-11(13)12(2)14-3/h4-7H,8H2,1-3H3. The molecule has 0 unspecified atom stereocenters. The summed E-state index contributed by atoms with van der Waals surface area (Å²) in [6.45, 7) is 2.00. The number of benzene rings is 1. The molecule has 0 bridgehead atoms. The van der Waals surface area contributed by atoms with Gasteiger partial charge < -0.3 is 0 Å². The Morgan fingerprint density at radius 1 is 1.43 bits per heavy atom. The molecule has 0 fully saturated rings. The van der Waals surface area contributed by atoms with E-state index in [0.717, 1.165) is 11.1 Å². The molecule has 0 aliphatic carbocycles. The minimum Gasteiger partial charge on any atom is -0.275 e. The Morgan fingerprint density at radius 3 is 2.64 bits per heavy atom. The molecule has 0 atom stereocenters. The van der Waals surface area contributed by atoms with E-state index >= 15 is 0 Å². The maximum Gasteiger partial charge on any atom is 0.250 e. The molecule has 14 heavy (non-hydrogen) atoms. The Hall–Kier alpha value is -1.35. The molecular formula is C11H15NO2. The number of carbonyl (C=O) groups excluding carboxylic acids is 1. The Morgan fingerprint density at radius 2 is 2.07 bits per heavy atom. The zero-order chi connectivity index (χ0) is 10.6. The van der Waals surface area contributed by atoms with Gasteiger partial charge in [0.15, 0.2) is 0 Å². The van der Waals surface area contributed by atoms with Crippen LogP contribution in [-0.4, -0.2) is 25.1 Å². The summed E-state index contributed by atoms with van der Waals surface area (Å²) >= 11 is 0. The maximum atomic E-state index is 11.5. The van der Waals surface area contributed by atoms with Crippen LogP contribution in [0.1, 0.15) is 11.1 Å². The van der Waals surface area contributed by atoms with Crippen LogP contribution in [-0.2, 0) is 16.1 Å². The second-order valence-corrected chi connectivity index (χ2v) is 3.18. The summed E-state index contributed by atoms with van der Waals surface area (Å²) in [5.74, 6) is -0.0400. The van der Waals surface area contributed by atoms with Gasteiger partial charge in [0, 0.05) is 7.05 Å². The van der Waals surface area contributed by atoms with Crippen molar-refractivity contribution in [2.75, 3.05) is 14.2 Å². The molecule has 0 spiro atoms. The summed E-state index contributed by atoms with van der Waals surface area (Å²) < 4.78 is 0. The lowest BCUT2D eigenvalue weighted by atomic mass is 10.1. The lowest BCUT2D eigenvalue weighted by Crippen LogP contribution is -2.27. The molecule has 1 aromatic carbocycles. The summed E-state index contributed by atoms with van der Waals surface area (Å²) in [4.78, 5) is 16.3. The fraction of sp³-hybridized carbons (Fsp3) is 0.364. The number of likely N-dealkylation sites (N-methyl/N-ethyl adjacent to an activating group) is 1. The molecule has 1 amide bonds. The molecule has 76 valence electrons. The highest BCUT2D eigenvalue weighted by atomic mass is 16.7. The normalized spacial score (nSPS) is 9.93. The van der Waals surface area contributed by atoms with Crippen molar-refractivity contribution in [1.82, 2.24) is 5.06 Å². The first-order chi connectivity index (χ1) is 6.65. The number of hydrogen-bond acceptors (Lipinski definition) is 2. The number of carbonyl (C=O) groups is 1. The van der Waals surface area contributed by atoms with Gasteiger partial charge in [-0.3, -0.25) is 9.63 Å². The summed E-state index contributed by atoms with van der Waals surface area (Å²) in [5.41, 5.74) is 2.17. The van der Waals surface area contributed by atoms with Crippen LogP contribution in [0, 0.1) is 6.92 Å². The fourth-order valence-corrected chi connectivity index (χ4v) is 1.18. The van der Waals surface area contributed by atoms with Gasteiger partial charge in [-0.15, -0.1) is 0 Å². The molecule has 0 radical (unpaired) electrons. The van der Waals surface area contributed by atoms with E-state index in [1.807, 2.05) is 31.2 Å². The van der Waals surface area contributed by atoms with Crippen LogP contribution in [0.3, 0.4) is 0 Å². The van der Waals surface area contributed by atoms with Gasteiger partial charge in [0.2, 0.25) is 5.91 Å². The third-order valence-corrected chi connectivity index (χ3v) is 2.23. The SMILES string of the molecule is CON(C)C(=O)Cc1ccccc1C. The highest BCUT2D eigenvalue weighted by molar-refractivity contribution is 5.77. The zero-order valence-corrected chi connectivity index (χ0v) is 8.78. The van der Waals surface area contributed by atoms with Gasteiger partial charge >= 0.3 is 0 Å². The van der Waals surface area contributed by atoms with E-state index in [2.05, 4.69) is 0 Å². The number of amides is 1. The van der Waals surface area contributed by atoms with Gasteiger partial charge in [0.05, 0.1) is 13.5 Å². The van der Waals surface area contributed by atoms with Crippen molar-refractivity contribution in [3.8, 4) is 0 Å². The first-order valence-electron chi connectivity index (χ1n) is 4.50. The van der Waals surface area contributed by atoms with Crippen molar-refractivity contribution in [1.29, 1.82) is 0 Å². The minimum atomic E-state index is -0.0400. The van der Waals surface area contributed by atoms with E-state index in [9.17, 15) is 4.79 Å². The topological polar surface area (TPSA) is 29.5 Å². The lowest BCUT2D eigenvalue weighted by molar-refractivity contribution is -0.167. The van der Waals surface area contributed by atoms with Crippen molar-refractivity contribution in [3.05, 3.63) is 35.4 Å². The Labute approximate surface area is 84.2 Å². The molecule has 0 saturated heterocycles. The maximum absolute atomic E-state index is 11.5. The molecule has 3 heteroatoms. The van der Waals surface area contributed by atoms with E-state index in [-0.39, 0.29) is 5.91 Å². The number of rotatable bonds is 3. The molecule has 1 rings (SSSR count). The van der Waals surface area contributed by atoms with Crippen LogP contribution < -0.4 is 0 Å². The largest absolute Gasteiger partial charge is 0.275 e. The van der Waals surface area contributed by atoms with Gasteiger partial charge in [-0.2, -0.15) is 0 Å². The van der Waals surface area contributed by atoms with Crippen LogP contribution in [0.5, 0.6) is 0 Å². The Bertz CT molecular complexity index is 323. The van der Waals surface area contributed by atoms with Crippen molar-refractivity contribution in [2.24, 2.45) is 0 Å². The van der Waals surface area contributed by atoms with Gasteiger partial charge in [-0.1, -0.05) is 24.3 Å². The van der Waals surface area contributed by atoms with Crippen molar-refractivity contribution in [2.45, 2.75) is 13.3 Å². The van der Waals surface area contributed by atoms with E-state index in [1.165, 1.54) is 12.2 Å². The van der Waals surface area contributed by atoms with Gasteiger partial charge in [0.1, 0.15) is 0 Å². The highest BCUT2D eigenvalue weighted by Crippen LogP contribution is 2.08. The van der Waals surface area contributed by atoms with Crippen LogP contribution in [0.15, 0.2) is 24.3 Å². The van der Waals surface area contributed by atoms with E-state index < -0.39 is 0 Å². The van der Waals surface area contributed by atoms with E-state index in [4.69, 9.17) is 4.84 Å². The minimum absolute atomic E-state index is 0.0400. The van der Waals surface area contributed by atoms with Crippen molar-refractivity contribution >= 4 is 5.91 Å². The van der Waals surface area contributed by atoms with E-state index in [0.29, 0.717) is 6.42 Å². The van der Waals surface area contributed by atoms with Gasteiger partial charge in [-0.25, -0.2) is 5.06 Å². The molecule has 0 heterocycles. The third-order valence-electron chi connectivity index (χ3n) is 2.23.